The maximum atomic E-state index is 14.3. The number of hydrogen-bond donors (Lipinski definition) is 1. The van der Waals surface area contributed by atoms with Gasteiger partial charge in [0.1, 0.15) is 17.4 Å². The number of rotatable bonds is 4. The largest absolute Gasteiger partial charge is 0.496 e. The highest BCUT2D eigenvalue weighted by Crippen LogP contribution is 2.33. The monoisotopic (exact) mass is 418 g/mol. The zero-order chi connectivity index (χ0) is 20.8. The Kier molecular flexibility index (Phi) is 7.20. The first-order valence-corrected chi connectivity index (χ1v) is 9.80. The van der Waals surface area contributed by atoms with Crippen molar-refractivity contribution in [1.82, 2.24) is 20.2 Å². The average Bonchev–Trinajstić information content (AvgIpc) is 3.12. The van der Waals surface area contributed by atoms with Gasteiger partial charge in [-0.25, -0.2) is 14.4 Å². The third kappa shape index (κ3) is 4.93. The second-order valence-corrected chi connectivity index (χ2v) is 7.11. The second kappa shape index (κ2) is 9.83. The third-order valence-corrected chi connectivity index (χ3v) is 5.06. The van der Waals surface area contributed by atoms with Gasteiger partial charge < -0.3 is 15.0 Å². The fourth-order valence-electron chi connectivity index (χ4n) is 3.63. The Hall–Kier alpha value is -2.47. The molecule has 2 aromatic rings. The highest BCUT2D eigenvalue weighted by Gasteiger charge is 2.29. The summed E-state index contributed by atoms with van der Waals surface area (Å²) in [5.41, 5.74) is 2.58. The number of nitrogens with one attached hydrogen (secondary N) is 1. The molecule has 29 heavy (non-hydrogen) atoms. The van der Waals surface area contributed by atoms with Crippen LogP contribution < -0.4 is 15.0 Å². The van der Waals surface area contributed by atoms with Gasteiger partial charge in [0.05, 0.1) is 18.9 Å². The van der Waals surface area contributed by atoms with E-state index in [9.17, 15) is 4.39 Å². The molecule has 0 spiro atoms. The van der Waals surface area contributed by atoms with Crippen LogP contribution in [0.25, 0.3) is 0 Å². The van der Waals surface area contributed by atoms with Gasteiger partial charge in [0.2, 0.25) is 5.28 Å². The van der Waals surface area contributed by atoms with Crippen molar-refractivity contribution in [3.05, 3.63) is 46.1 Å². The van der Waals surface area contributed by atoms with Crippen molar-refractivity contribution in [2.45, 2.75) is 26.6 Å². The topological polar surface area (TPSA) is 77.3 Å². The number of benzene rings is 1. The quantitative estimate of drug-likeness (QED) is 0.765. The van der Waals surface area contributed by atoms with Gasteiger partial charge in [0.25, 0.3) is 0 Å². The zero-order valence-electron chi connectivity index (χ0n) is 16.6. The van der Waals surface area contributed by atoms with Crippen LogP contribution in [0.5, 0.6) is 5.75 Å². The number of piperazine rings is 1. The van der Waals surface area contributed by atoms with Crippen LogP contribution >= 0.6 is 11.6 Å². The summed E-state index contributed by atoms with van der Waals surface area (Å²) >= 11 is 6.17. The second-order valence-electron chi connectivity index (χ2n) is 6.77. The first kappa shape index (κ1) is 21.2. The van der Waals surface area contributed by atoms with E-state index in [1.54, 1.807) is 25.3 Å². The zero-order valence-corrected chi connectivity index (χ0v) is 17.3. The number of hydrogen-bond acceptors (Lipinski definition) is 7. The van der Waals surface area contributed by atoms with E-state index in [1.165, 1.54) is 13.0 Å². The summed E-state index contributed by atoms with van der Waals surface area (Å²) in [7, 11) is 1.56. The van der Waals surface area contributed by atoms with Gasteiger partial charge in [-0.2, -0.15) is 5.26 Å². The SMILES string of the molecule is CC#N.COc1cccc(F)c1CN1Cc2nc(Cl)nc(N3CCNCC3)c2C1. The molecule has 0 atom stereocenters. The molecule has 1 N–H and O–H groups in total. The van der Waals surface area contributed by atoms with Gasteiger partial charge in [-0.3, -0.25) is 4.90 Å². The Morgan fingerprint density at radius 1 is 1.28 bits per heavy atom. The summed E-state index contributed by atoms with van der Waals surface area (Å²) in [6.07, 6.45) is 0. The molecular weight excluding hydrogens is 395 g/mol. The number of aromatic nitrogens is 2. The Bertz CT molecular complexity index is 897. The first-order valence-electron chi connectivity index (χ1n) is 9.42. The number of fused-ring (bicyclic) bond motifs is 1. The molecule has 3 heterocycles. The minimum atomic E-state index is -0.258. The lowest BCUT2D eigenvalue weighted by Crippen LogP contribution is -2.44. The van der Waals surface area contributed by atoms with E-state index in [0.717, 1.165) is 43.3 Å². The van der Waals surface area contributed by atoms with E-state index in [2.05, 4.69) is 25.1 Å². The molecule has 2 aliphatic rings. The molecule has 1 aromatic heterocycles. The molecule has 154 valence electrons. The van der Waals surface area contributed by atoms with Crippen LogP contribution in [0, 0.1) is 17.1 Å². The Morgan fingerprint density at radius 3 is 2.69 bits per heavy atom. The van der Waals surface area contributed by atoms with Crippen molar-refractivity contribution in [1.29, 1.82) is 5.26 Å². The van der Waals surface area contributed by atoms with Crippen molar-refractivity contribution in [3.8, 4) is 11.8 Å². The summed E-state index contributed by atoms with van der Waals surface area (Å²) in [6.45, 7) is 6.79. The molecule has 0 bridgehead atoms. The number of methoxy groups -OCH3 is 1. The van der Waals surface area contributed by atoms with E-state index in [0.29, 0.717) is 30.9 Å². The van der Waals surface area contributed by atoms with Gasteiger partial charge in [0, 0.05) is 63.9 Å². The fraction of sp³-hybridized carbons (Fsp3) is 0.450. The molecule has 0 saturated carbocycles. The van der Waals surface area contributed by atoms with Crippen LogP contribution in [0.15, 0.2) is 18.2 Å². The molecule has 2 aliphatic heterocycles. The highest BCUT2D eigenvalue weighted by atomic mass is 35.5. The highest BCUT2D eigenvalue weighted by molar-refractivity contribution is 6.28. The molecule has 1 fully saturated rings. The van der Waals surface area contributed by atoms with Crippen molar-refractivity contribution in [3.63, 3.8) is 0 Å². The Labute approximate surface area is 175 Å². The molecule has 4 rings (SSSR count). The van der Waals surface area contributed by atoms with Gasteiger partial charge >= 0.3 is 0 Å². The predicted octanol–water partition coefficient (Wildman–Crippen LogP) is 2.73. The van der Waals surface area contributed by atoms with Gasteiger partial charge in [0.15, 0.2) is 0 Å². The summed E-state index contributed by atoms with van der Waals surface area (Å²) in [5.74, 6) is 1.21. The molecular formula is C20H24ClFN6O. The standard InChI is InChI=1S/C18H21ClFN5O.C2H3N/c1-26-16-4-2-3-14(20)12(16)9-24-10-13-15(11-24)22-18(19)23-17(13)25-7-5-21-6-8-25;1-2-3/h2-4,21H,5-11H2,1H3;1H3. The Balaban J connectivity index is 0.000000755. The Morgan fingerprint density at radius 2 is 2.00 bits per heavy atom. The first-order chi connectivity index (χ1) is 14.1. The minimum absolute atomic E-state index is 0.258. The molecule has 9 heteroatoms. The summed E-state index contributed by atoms with van der Waals surface area (Å²) in [4.78, 5) is 13.3. The number of nitriles is 1. The summed E-state index contributed by atoms with van der Waals surface area (Å²) in [6, 6.07) is 6.65. The number of anilines is 1. The third-order valence-electron chi connectivity index (χ3n) is 4.89. The van der Waals surface area contributed by atoms with Crippen molar-refractivity contribution >= 4 is 17.4 Å². The minimum Gasteiger partial charge on any atom is -0.496 e. The summed E-state index contributed by atoms with van der Waals surface area (Å²) < 4.78 is 19.6. The van der Waals surface area contributed by atoms with Crippen LogP contribution in [0.1, 0.15) is 23.7 Å². The lowest BCUT2D eigenvalue weighted by molar-refractivity contribution is 0.263. The van der Waals surface area contributed by atoms with Gasteiger partial charge in [-0.05, 0) is 23.7 Å². The van der Waals surface area contributed by atoms with Crippen molar-refractivity contribution < 1.29 is 9.13 Å². The van der Waals surface area contributed by atoms with Crippen LogP contribution in [0.3, 0.4) is 0 Å². The van der Waals surface area contributed by atoms with E-state index >= 15 is 0 Å². The molecule has 0 aliphatic carbocycles. The van der Waals surface area contributed by atoms with Gasteiger partial charge in [-0.1, -0.05) is 6.07 Å². The predicted molar refractivity (Wildman–Crippen MR) is 109 cm³/mol. The van der Waals surface area contributed by atoms with Crippen LogP contribution in [0.2, 0.25) is 5.28 Å². The molecule has 0 radical (unpaired) electrons. The molecule has 7 nitrogen and oxygen atoms in total. The van der Waals surface area contributed by atoms with Crippen LogP contribution in [-0.4, -0.2) is 48.2 Å². The fourth-order valence-corrected chi connectivity index (χ4v) is 3.81. The molecule has 0 amide bonds. The van der Waals surface area contributed by atoms with Crippen LogP contribution in [0.4, 0.5) is 10.2 Å². The maximum Gasteiger partial charge on any atom is 0.224 e. The average molecular weight is 419 g/mol. The maximum absolute atomic E-state index is 14.3. The number of nitrogens with zero attached hydrogens (tertiary/aromatic N) is 5. The van der Waals surface area contributed by atoms with E-state index < -0.39 is 0 Å². The number of halogens is 2. The lowest BCUT2D eigenvalue weighted by atomic mass is 10.1. The van der Waals surface area contributed by atoms with E-state index in [1.807, 2.05) is 0 Å². The van der Waals surface area contributed by atoms with Crippen molar-refractivity contribution in [2.75, 3.05) is 38.2 Å². The van der Waals surface area contributed by atoms with Gasteiger partial charge in [-0.15, -0.1) is 0 Å². The van der Waals surface area contributed by atoms with Crippen molar-refractivity contribution in [2.24, 2.45) is 0 Å². The van der Waals surface area contributed by atoms with Crippen LogP contribution in [-0.2, 0) is 19.6 Å². The number of ether oxygens (including phenoxy) is 1. The van der Waals surface area contributed by atoms with E-state index in [4.69, 9.17) is 21.6 Å². The molecule has 1 saturated heterocycles. The summed E-state index contributed by atoms with van der Waals surface area (Å²) in [5, 5.41) is 10.9. The normalized spacial score (nSPS) is 15.9. The van der Waals surface area contributed by atoms with E-state index in [-0.39, 0.29) is 11.1 Å². The lowest BCUT2D eigenvalue weighted by Gasteiger charge is -2.29. The smallest absolute Gasteiger partial charge is 0.224 e. The molecule has 0 unspecified atom stereocenters. The molecule has 1 aromatic carbocycles.